The Morgan fingerprint density at radius 1 is 1.24 bits per heavy atom. The second-order valence-electron chi connectivity index (χ2n) is 6.33. The van der Waals surface area contributed by atoms with Gasteiger partial charge in [0.2, 0.25) is 5.91 Å². The fourth-order valence-electron chi connectivity index (χ4n) is 3.43. The van der Waals surface area contributed by atoms with Crippen LogP contribution in [-0.2, 0) is 4.79 Å². The Morgan fingerprint density at radius 3 is 2.59 bits per heavy atom. The van der Waals surface area contributed by atoms with E-state index >= 15 is 0 Å². The maximum atomic E-state index is 12.3. The standard InChI is InChI=1S/C14H26N2O/c1-10-6-5-8-12(10)16-13(17)11-7-3-4-9-14(11,2)15/h10-12H,3-9,15H2,1-2H3,(H,16,17). The molecule has 2 rings (SSSR count). The Kier molecular flexibility index (Phi) is 3.76. The van der Waals surface area contributed by atoms with E-state index in [1.165, 1.54) is 12.8 Å². The van der Waals surface area contributed by atoms with Crippen LogP contribution in [-0.4, -0.2) is 17.5 Å². The summed E-state index contributed by atoms with van der Waals surface area (Å²) in [7, 11) is 0. The van der Waals surface area contributed by atoms with Crippen LogP contribution >= 0.6 is 0 Å². The Balaban J connectivity index is 1.94. The van der Waals surface area contributed by atoms with E-state index < -0.39 is 0 Å². The Bertz CT molecular complexity index is 288. The first-order valence-electron chi connectivity index (χ1n) is 7.10. The van der Waals surface area contributed by atoms with Gasteiger partial charge in [-0.25, -0.2) is 0 Å². The maximum Gasteiger partial charge on any atom is 0.225 e. The van der Waals surface area contributed by atoms with E-state index in [2.05, 4.69) is 12.2 Å². The highest BCUT2D eigenvalue weighted by Crippen LogP contribution is 2.32. The predicted octanol–water partition coefficient (Wildman–Crippen LogP) is 2.20. The van der Waals surface area contributed by atoms with Crippen LogP contribution in [0.2, 0.25) is 0 Å². The van der Waals surface area contributed by atoms with E-state index in [9.17, 15) is 4.79 Å². The average Bonchev–Trinajstić information content (AvgIpc) is 2.63. The Morgan fingerprint density at radius 2 is 2.00 bits per heavy atom. The van der Waals surface area contributed by atoms with Gasteiger partial charge in [0.1, 0.15) is 0 Å². The molecule has 98 valence electrons. The zero-order valence-corrected chi connectivity index (χ0v) is 11.2. The SMILES string of the molecule is CC1CCCC1NC(=O)C1CCCCC1(C)N. The fraction of sp³-hybridized carbons (Fsp3) is 0.929. The molecule has 2 saturated carbocycles. The van der Waals surface area contributed by atoms with Crippen molar-refractivity contribution in [2.45, 2.75) is 70.4 Å². The third kappa shape index (κ3) is 2.82. The quantitative estimate of drug-likeness (QED) is 0.775. The molecule has 0 spiro atoms. The molecule has 1 amide bonds. The number of hydrogen-bond donors (Lipinski definition) is 2. The van der Waals surface area contributed by atoms with Crippen LogP contribution < -0.4 is 11.1 Å². The summed E-state index contributed by atoms with van der Waals surface area (Å²) in [6.07, 6.45) is 7.88. The highest BCUT2D eigenvalue weighted by atomic mass is 16.2. The zero-order valence-electron chi connectivity index (χ0n) is 11.2. The summed E-state index contributed by atoms with van der Waals surface area (Å²) in [5.41, 5.74) is 5.97. The number of hydrogen-bond acceptors (Lipinski definition) is 2. The van der Waals surface area contributed by atoms with Crippen LogP contribution in [0.25, 0.3) is 0 Å². The fourth-order valence-corrected chi connectivity index (χ4v) is 3.43. The number of nitrogens with one attached hydrogen (secondary N) is 1. The first-order chi connectivity index (χ1) is 8.00. The molecule has 2 aliphatic rings. The second-order valence-corrected chi connectivity index (χ2v) is 6.33. The molecule has 3 nitrogen and oxygen atoms in total. The monoisotopic (exact) mass is 238 g/mol. The predicted molar refractivity (Wildman–Crippen MR) is 69.5 cm³/mol. The number of nitrogens with two attached hydrogens (primary N) is 1. The third-order valence-corrected chi connectivity index (χ3v) is 4.76. The van der Waals surface area contributed by atoms with Gasteiger partial charge in [0, 0.05) is 11.6 Å². The zero-order chi connectivity index (χ0) is 12.5. The van der Waals surface area contributed by atoms with Crippen molar-refractivity contribution in [1.29, 1.82) is 0 Å². The van der Waals surface area contributed by atoms with E-state index in [4.69, 9.17) is 5.73 Å². The maximum absolute atomic E-state index is 12.3. The molecule has 3 heteroatoms. The van der Waals surface area contributed by atoms with Gasteiger partial charge >= 0.3 is 0 Å². The van der Waals surface area contributed by atoms with E-state index in [-0.39, 0.29) is 17.4 Å². The molecule has 4 unspecified atom stereocenters. The summed E-state index contributed by atoms with van der Waals surface area (Å²) in [4.78, 5) is 12.3. The molecule has 2 fully saturated rings. The van der Waals surface area contributed by atoms with Gasteiger partial charge in [0.05, 0.1) is 5.92 Å². The molecule has 0 aromatic heterocycles. The van der Waals surface area contributed by atoms with Crippen LogP contribution in [0.5, 0.6) is 0 Å². The average molecular weight is 238 g/mol. The van der Waals surface area contributed by atoms with E-state index in [1.54, 1.807) is 0 Å². The number of amides is 1. The van der Waals surface area contributed by atoms with E-state index in [0.29, 0.717) is 12.0 Å². The lowest BCUT2D eigenvalue weighted by Gasteiger charge is -2.38. The van der Waals surface area contributed by atoms with Gasteiger partial charge in [-0.3, -0.25) is 4.79 Å². The van der Waals surface area contributed by atoms with Crippen LogP contribution in [0.3, 0.4) is 0 Å². The topological polar surface area (TPSA) is 55.1 Å². The summed E-state index contributed by atoms with van der Waals surface area (Å²) in [5.74, 6) is 0.851. The van der Waals surface area contributed by atoms with Gasteiger partial charge in [0.25, 0.3) is 0 Å². The minimum absolute atomic E-state index is 0.0176. The van der Waals surface area contributed by atoms with Crippen molar-refractivity contribution in [3.8, 4) is 0 Å². The lowest BCUT2D eigenvalue weighted by Crippen LogP contribution is -2.54. The summed E-state index contributed by atoms with van der Waals surface area (Å²) >= 11 is 0. The Labute approximate surface area is 105 Å². The van der Waals surface area contributed by atoms with Crippen LogP contribution in [0.1, 0.15) is 58.8 Å². The summed E-state index contributed by atoms with van der Waals surface area (Å²) in [5, 5.41) is 3.24. The van der Waals surface area contributed by atoms with Crippen molar-refractivity contribution >= 4 is 5.91 Å². The largest absolute Gasteiger partial charge is 0.353 e. The number of carbonyl (C=O) groups is 1. The van der Waals surface area contributed by atoms with Gasteiger partial charge in [0.15, 0.2) is 0 Å². The van der Waals surface area contributed by atoms with Crippen molar-refractivity contribution < 1.29 is 4.79 Å². The molecule has 0 aromatic carbocycles. The smallest absolute Gasteiger partial charge is 0.225 e. The van der Waals surface area contributed by atoms with Crippen LogP contribution in [0.15, 0.2) is 0 Å². The first kappa shape index (κ1) is 12.9. The molecule has 0 aromatic rings. The van der Waals surface area contributed by atoms with Crippen molar-refractivity contribution in [3.63, 3.8) is 0 Å². The van der Waals surface area contributed by atoms with E-state index in [1.807, 2.05) is 6.92 Å². The van der Waals surface area contributed by atoms with Crippen molar-refractivity contribution in [2.75, 3.05) is 0 Å². The van der Waals surface area contributed by atoms with Gasteiger partial charge in [-0.15, -0.1) is 0 Å². The molecular weight excluding hydrogens is 212 g/mol. The molecule has 0 aliphatic heterocycles. The highest BCUT2D eigenvalue weighted by Gasteiger charge is 2.39. The first-order valence-corrected chi connectivity index (χ1v) is 7.10. The molecule has 4 atom stereocenters. The van der Waals surface area contributed by atoms with E-state index in [0.717, 1.165) is 32.1 Å². The molecule has 3 N–H and O–H groups in total. The normalized spacial score (nSPS) is 42.4. The van der Waals surface area contributed by atoms with Crippen molar-refractivity contribution in [2.24, 2.45) is 17.6 Å². The minimum atomic E-state index is -0.301. The molecule has 0 saturated heterocycles. The van der Waals surface area contributed by atoms with Gasteiger partial charge < -0.3 is 11.1 Å². The lowest BCUT2D eigenvalue weighted by atomic mass is 9.74. The number of rotatable bonds is 2. The van der Waals surface area contributed by atoms with Gasteiger partial charge in [-0.2, -0.15) is 0 Å². The molecular formula is C14H26N2O. The molecule has 2 aliphatic carbocycles. The van der Waals surface area contributed by atoms with Crippen molar-refractivity contribution in [1.82, 2.24) is 5.32 Å². The lowest BCUT2D eigenvalue weighted by molar-refractivity contribution is -0.129. The molecule has 0 heterocycles. The summed E-state index contributed by atoms with van der Waals surface area (Å²) in [6.45, 7) is 4.27. The Hall–Kier alpha value is -0.570. The van der Waals surface area contributed by atoms with Crippen LogP contribution in [0, 0.1) is 11.8 Å². The molecule has 0 bridgehead atoms. The van der Waals surface area contributed by atoms with Crippen LogP contribution in [0.4, 0.5) is 0 Å². The van der Waals surface area contributed by atoms with Gasteiger partial charge in [-0.1, -0.05) is 26.2 Å². The molecule has 17 heavy (non-hydrogen) atoms. The summed E-state index contributed by atoms with van der Waals surface area (Å²) < 4.78 is 0. The third-order valence-electron chi connectivity index (χ3n) is 4.76. The van der Waals surface area contributed by atoms with Crippen molar-refractivity contribution in [3.05, 3.63) is 0 Å². The summed E-state index contributed by atoms with van der Waals surface area (Å²) in [6, 6.07) is 0.389. The number of carbonyl (C=O) groups excluding carboxylic acids is 1. The minimum Gasteiger partial charge on any atom is -0.353 e. The highest BCUT2D eigenvalue weighted by molar-refractivity contribution is 5.80. The van der Waals surface area contributed by atoms with Gasteiger partial charge in [-0.05, 0) is 38.5 Å². The molecule has 0 radical (unpaired) electrons. The second kappa shape index (κ2) is 4.97.